The smallest absolute Gasteiger partial charge is 0.251 e. The van der Waals surface area contributed by atoms with Crippen LogP contribution in [0.3, 0.4) is 0 Å². The maximum absolute atomic E-state index is 12.3. The van der Waals surface area contributed by atoms with Crippen LogP contribution in [0.2, 0.25) is 0 Å². The van der Waals surface area contributed by atoms with E-state index in [0.29, 0.717) is 5.56 Å². The van der Waals surface area contributed by atoms with E-state index < -0.39 is 10.0 Å². The third-order valence-electron chi connectivity index (χ3n) is 3.93. The van der Waals surface area contributed by atoms with Crippen LogP contribution < -0.4 is 10.0 Å². The molecule has 5 nitrogen and oxygen atoms in total. The number of carbonyl (C=O) groups is 1. The molecule has 1 aliphatic carbocycles. The van der Waals surface area contributed by atoms with Gasteiger partial charge in [0.25, 0.3) is 5.91 Å². The number of rotatable bonds is 6. The van der Waals surface area contributed by atoms with E-state index in [9.17, 15) is 13.2 Å². The third kappa shape index (κ3) is 4.21. The van der Waals surface area contributed by atoms with E-state index in [4.69, 9.17) is 0 Å². The molecule has 3 rings (SSSR count). The molecule has 0 radical (unpaired) electrons. The van der Waals surface area contributed by atoms with Gasteiger partial charge in [0, 0.05) is 18.2 Å². The minimum Gasteiger partial charge on any atom is -0.349 e. The molecule has 2 aromatic carbocycles. The summed E-state index contributed by atoms with van der Waals surface area (Å²) in [6.45, 7) is 2.21. The van der Waals surface area contributed by atoms with Crippen LogP contribution in [0.5, 0.6) is 0 Å². The van der Waals surface area contributed by atoms with Gasteiger partial charge >= 0.3 is 0 Å². The van der Waals surface area contributed by atoms with Gasteiger partial charge in [0.15, 0.2) is 0 Å². The molecule has 0 bridgehead atoms. The maximum Gasteiger partial charge on any atom is 0.251 e. The summed E-state index contributed by atoms with van der Waals surface area (Å²) >= 11 is 0. The molecule has 0 atom stereocenters. The Morgan fingerprint density at radius 2 is 1.67 bits per heavy atom. The fourth-order valence-electron chi connectivity index (χ4n) is 2.25. The summed E-state index contributed by atoms with van der Waals surface area (Å²) in [4.78, 5) is 12.1. The van der Waals surface area contributed by atoms with E-state index in [-0.39, 0.29) is 23.4 Å². The molecule has 0 saturated heterocycles. The lowest BCUT2D eigenvalue weighted by Gasteiger charge is -2.08. The molecule has 1 saturated carbocycles. The van der Waals surface area contributed by atoms with Gasteiger partial charge in [-0.1, -0.05) is 29.8 Å². The lowest BCUT2D eigenvalue weighted by atomic mass is 10.2. The molecule has 1 amide bonds. The summed E-state index contributed by atoms with van der Waals surface area (Å²) in [5.74, 6) is -0.158. The van der Waals surface area contributed by atoms with Crippen molar-refractivity contribution >= 4 is 15.9 Å². The van der Waals surface area contributed by atoms with Crippen molar-refractivity contribution in [2.24, 2.45) is 0 Å². The summed E-state index contributed by atoms with van der Waals surface area (Å²) in [5, 5.41) is 2.88. The molecular weight excluding hydrogens is 324 g/mol. The van der Waals surface area contributed by atoms with Crippen molar-refractivity contribution in [2.45, 2.75) is 37.2 Å². The second kappa shape index (κ2) is 6.75. The molecule has 126 valence electrons. The second-order valence-corrected chi connectivity index (χ2v) is 7.85. The molecule has 24 heavy (non-hydrogen) atoms. The van der Waals surface area contributed by atoms with Crippen molar-refractivity contribution in [2.75, 3.05) is 0 Å². The number of carbonyl (C=O) groups excluding carboxylic acids is 1. The zero-order chi connectivity index (χ0) is 17.2. The van der Waals surface area contributed by atoms with E-state index in [2.05, 4.69) is 10.0 Å². The average Bonchev–Trinajstić information content (AvgIpc) is 3.38. The topological polar surface area (TPSA) is 75.3 Å². The summed E-state index contributed by atoms with van der Waals surface area (Å²) in [5.41, 5.74) is 2.49. The SMILES string of the molecule is Cc1ccc(CNS(=O)(=O)c2ccc(C(=O)NC3CC3)cc2)cc1. The van der Waals surface area contributed by atoms with Crippen molar-refractivity contribution < 1.29 is 13.2 Å². The average molecular weight is 344 g/mol. The number of aryl methyl sites for hydroxylation is 1. The highest BCUT2D eigenvalue weighted by molar-refractivity contribution is 7.89. The Morgan fingerprint density at radius 1 is 1.04 bits per heavy atom. The zero-order valence-corrected chi connectivity index (χ0v) is 14.3. The number of amides is 1. The lowest BCUT2D eigenvalue weighted by molar-refractivity contribution is 0.0951. The van der Waals surface area contributed by atoms with Gasteiger partial charge in [-0.15, -0.1) is 0 Å². The highest BCUT2D eigenvalue weighted by Gasteiger charge is 2.24. The monoisotopic (exact) mass is 344 g/mol. The molecule has 0 aromatic heterocycles. The summed E-state index contributed by atoms with van der Waals surface area (Å²) < 4.78 is 27.2. The first-order chi connectivity index (χ1) is 11.4. The Bertz CT molecular complexity index is 824. The quantitative estimate of drug-likeness (QED) is 0.845. The molecule has 1 fully saturated rings. The first-order valence-electron chi connectivity index (χ1n) is 7.90. The van der Waals surface area contributed by atoms with E-state index in [1.165, 1.54) is 24.3 Å². The summed E-state index contributed by atoms with van der Waals surface area (Å²) in [6, 6.07) is 13.9. The van der Waals surface area contributed by atoms with E-state index in [1.807, 2.05) is 31.2 Å². The summed E-state index contributed by atoms with van der Waals surface area (Å²) in [6.07, 6.45) is 2.03. The Hall–Kier alpha value is -2.18. The van der Waals surface area contributed by atoms with Gasteiger partial charge in [0.2, 0.25) is 10.0 Å². The fraction of sp³-hybridized carbons (Fsp3) is 0.278. The van der Waals surface area contributed by atoms with Gasteiger partial charge in [-0.3, -0.25) is 4.79 Å². The third-order valence-corrected chi connectivity index (χ3v) is 5.34. The van der Waals surface area contributed by atoms with Crippen molar-refractivity contribution in [3.63, 3.8) is 0 Å². The van der Waals surface area contributed by atoms with Gasteiger partial charge < -0.3 is 5.32 Å². The van der Waals surface area contributed by atoms with E-state index >= 15 is 0 Å². The largest absolute Gasteiger partial charge is 0.349 e. The second-order valence-electron chi connectivity index (χ2n) is 6.08. The molecule has 0 aliphatic heterocycles. The van der Waals surface area contributed by atoms with Crippen LogP contribution in [0.15, 0.2) is 53.4 Å². The predicted molar refractivity (Wildman–Crippen MR) is 92.1 cm³/mol. The maximum atomic E-state index is 12.3. The number of hydrogen-bond acceptors (Lipinski definition) is 3. The Kier molecular flexibility index (Phi) is 4.69. The minimum absolute atomic E-state index is 0.151. The van der Waals surface area contributed by atoms with Gasteiger partial charge in [0.05, 0.1) is 4.90 Å². The van der Waals surface area contributed by atoms with Crippen molar-refractivity contribution in [1.29, 1.82) is 0 Å². The first-order valence-corrected chi connectivity index (χ1v) is 9.38. The van der Waals surface area contributed by atoms with Crippen LogP contribution in [0.25, 0.3) is 0 Å². The van der Waals surface area contributed by atoms with Crippen LogP contribution >= 0.6 is 0 Å². The first kappa shape index (κ1) is 16.7. The standard InChI is InChI=1S/C18H20N2O3S/c1-13-2-4-14(5-3-13)12-19-24(22,23)17-10-6-15(7-11-17)18(21)20-16-8-9-16/h2-7,10-11,16,19H,8-9,12H2,1H3,(H,20,21). The molecule has 0 heterocycles. The van der Waals surface area contributed by atoms with Crippen LogP contribution in [0.4, 0.5) is 0 Å². The van der Waals surface area contributed by atoms with Crippen LogP contribution in [0.1, 0.15) is 34.3 Å². The van der Waals surface area contributed by atoms with Crippen LogP contribution in [-0.4, -0.2) is 20.4 Å². The molecule has 2 N–H and O–H groups in total. The summed E-state index contributed by atoms with van der Waals surface area (Å²) in [7, 11) is -3.60. The van der Waals surface area contributed by atoms with Crippen molar-refractivity contribution in [3.05, 3.63) is 65.2 Å². The van der Waals surface area contributed by atoms with Gasteiger partial charge in [-0.25, -0.2) is 13.1 Å². The number of nitrogens with one attached hydrogen (secondary N) is 2. The van der Waals surface area contributed by atoms with Crippen molar-refractivity contribution in [3.8, 4) is 0 Å². The Balaban J connectivity index is 1.65. The zero-order valence-electron chi connectivity index (χ0n) is 13.5. The number of hydrogen-bond donors (Lipinski definition) is 2. The lowest BCUT2D eigenvalue weighted by Crippen LogP contribution is -2.26. The van der Waals surface area contributed by atoms with Crippen molar-refractivity contribution in [1.82, 2.24) is 10.0 Å². The van der Waals surface area contributed by atoms with Crippen LogP contribution in [0, 0.1) is 6.92 Å². The van der Waals surface area contributed by atoms with E-state index in [1.54, 1.807) is 0 Å². The van der Waals surface area contributed by atoms with E-state index in [0.717, 1.165) is 24.0 Å². The van der Waals surface area contributed by atoms with Gasteiger partial charge in [-0.05, 0) is 49.6 Å². The molecule has 1 aliphatic rings. The predicted octanol–water partition coefficient (Wildman–Crippen LogP) is 2.37. The highest BCUT2D eigenvalue weighted by Crippen LogP contribution is 2.19. The number of benzene rings is 2. The van der Waals surface area contributed by atoms with Crippen LogP contribution in [-0.2, 0) is 16.6 Å². The van der Waals surface area contributed by atoms with Gasteiger partial charge in [0.1, 0.15) is 0 Å². The molecule has 0 spiro atoms. The minimum atomic E-state index is -3.60. The normalized spacial score (nSPS) is 14.4. The fourth-order valence-corrected chi connectivity index (χ4v) is 3.27. The molecule has 2 aromatic rings. The molecule has 0 unspecified atom stereocenters. The number of sulfonamides is 1. The van der Waals surface area contributed by atoms with Gasteiger partial charge in [-0.2, -0.15) is 0 Å². The Morgan fingerprint density at radius 3 is 2.25 bits per heavy atom. The molecule has 6 heteroatoms. The highest BCUT2D eigenvalue weighted by atomic mass is 32.2. The molecular formula is C18H20N2O3S. The Labute approximate surface area is 142 Å².